The van der Waals surface area contributed by atoms with Gasteiger partial charge < -0.3 is 16.2 Å². The van der Waals surface area contributed by atoms with Gasteiger partial charge >= 0.3 is 0 Å². The highest BCUT2D eigenvalue weighted by Gasteiger charge is 2.22. The number of para-hydroxylation sites is 1. The summed E-state index contributed by atoms with van der Waals surface area (Å²) in [4.78, 5) is 11.5. The molecule has 0 saturated carbocycles. The van der Waals surface area contributed by atoms with Crippen molar-refractivity contribution >= 4 is 11.6 Å². The van der Waals surface area contributed by atoms with E-state index < -0.39 is 23.6 Å². The molecule has 0 saturated heterocycles. The molecule has 20 heavy (non-hydrogen) atoms. The molecule has 0 aliphatic heterocycles. The van der Waals surface area contributed by atoms with Crippen molar-refractivity contribution in [2.45, 2.75) is 6.04 Å². The second-order valence-corrected chi connectivity index (χ2v) is 4.16. The molecule has 4 N–H and O–H groups in total. The van der Waals surface area contributed by atoms with Crippen LogP contribution in [0.4, 0.5) is 14.5 Å². The third kappa shape index (κ3) is 2.85. The lowest BCUT2D eigenvalue weighted by Crippen LogP contribution is -2.28. The number of amides is 1. The molecule has 0 radical (unpaired) electrons. The Kier molecular flexibility index (Phi) is 3.84. The van der Waals surface area contributed by atoms with Gasteiger partial charge in [-0.15, -0.1) is 0 Å². The normalized spacial score (nSPS) is 11.9. The predicted molar refractivity (Wildman–Crippen MR) is 70.0 cm³/mol. The number of phenolic OH excluding ortho intramolecular Hbond substituents is 1. The number of phenols is 1. The van der Waals surface area contributed by atoms with Gasteiger partial charge in [-0.3, -0.25) is 4.79 Å². The fourth-order valence-electron chi connectivity index (χ4n) is 1.79. The van der Waals surface area contributed by atoms with Gasteiger partial charge in [-0.1, -0.05) is 12.1 Å². The van der Waals surface area contributed by atoms with Crippen LogP contribution in [0.2, 0.25) is 0 Å². The summed E-state index contributed by atoms with van der Waals surface area (Å²) < 4.78 is 26.8. The number of carbonyl (C=O) groups excluding carboxylic acids is 1. The molecule has 0 heterocycles. The van der Waals surface area contributed by atoms with E-state index in [1.807, 2.05) is 0 Å². The molecule has 2 aromatic carbocycles. The van der Waals surface area contributed by atoms with Gasteiger partial charge in [0.15, 0.2) is 0 Å². The number of anilines is 1. The average molecular weight is 278 g/mol. The third-order valence-electron chi connectivity index (χ3n) is 2.76. The highest BCUT2D eigenvalue weighted by atomic mass is 19.1. The summed E-state index contributed by atoms with van der Waals surface area (Å²) in [6, 6.07) is 7.52. The van der Waals surface area contributed by atoms with Crippen molar-refractivity contribution in [2.75, 3.05) is 5.32 Å². The molecule has 2 aromatic rings. The first-order valence-corrected chi connectivity index (χ1v) is 5.78. The number of benzene rings is 2. The van der Waals surface area contributed by atoms with Crippen molar-refractivity contribution in [1.29, 1.82) is 0 Å². The van der Waals surface area contributed by atoms with Gasteiger partial charge in [-0.25, -0.2) is 8.78 Å². The average Bonchev–Trinajstić information content (AvgIpc) is 2.40. The molecule has 6 heteroatoms. The van der Waals surface area contributed by atoms with E-state index in [2.05, 4.69) is 5.32 Å². The van der Waals surface area contributed by atoms with Crippen LogP contribution >= 0.6 is 0 Å². The third-order valence-corrected chi connectivity index (χ3v) is 2.76. The Labute approximate surface area is 113 Å². The monoisotopic (exact) mass is 278 g/mol. The number of carbonyl (C=O) groups is 1. The molecule has 0 aliphatic rings. The van der Waals surface area contributed by atoms with Crippen LogP contribution in [0.25, 0.3) is 0 Å². The minimum absolute atomic E-state index is 0.0277. The highest BCUT2D eigenvalue weighted by Crippen LogP contribution is 2.28. The molecule has 0 spiro atoms. The molecular formula is C14H12F2N2O2. The largest absolute Gasteiger partial charge is 0.508 e. The van der Waals surface area contributed by atoms with E-state index in [0.29, 0.717) is 0 Å². The lowest BCUT2D eigenvalue weighted by Gasteiger charge is -2.18. The Morgan fingerprint density at radius 2 is 1.90 bits per heavy atom. The summed E-state index contributed by atoms with van der Waals surface area (Å²) in [6.45, 7) is 0. The molecule has 104 valence electrons. The first-order chi connectivity index (χ1) is 9.49. The van der Waals surface area contributed by atoms with Crippen LogP contribution in [0.5, 0.6) is 5.75 Å². The van der Waals surface area contributed by atoms with Crippen LogP contribution in [0.1, 0.15) is 11.6 Å². The van der Waals surface area contributed by atoms with Gasteiger partial charge in [0.05, 0.1) is 5.69 Å². The number of nitrogens with one attached hydrogen (secondary N) is 1. The zero-order chi connectivity index (χ0) is 14.7. The van der Waals surface area contributed by atoms with Crippen LogP contribution in [0.15, 0.2) is 42.5 Å². The topological polar surface area (TPSA) is 75.4 Å². The Bertz CT molecular complexity index is 647. The van der Waals surface area contributed by atoms with Crippen LogP contribution in [0.3, 0.4) is 0 Å². The number of hydrogen-bond acceptors (Lipinski definition) is 3. The SMILES string of the molecule is NC(=O)C(Nc1ccccc1F)c1cc(F)ccc1O. The molecule has 0 fully saturated rings. The maximum atomic E-state index is 13.6. The maximum absolute atomic E-state index is 13.6. The first-order valence-electron chi connectivity index (χ1n) is 5.78. The second-order valence-electron chi connectivity index (χ2n) is 4.16. The van der Waals surface area contributed by atoms with E-state index in [-0.39, 0.29) is 17.0 Å². The fraction of sp³-hybridized carbons (Fsp3) is 0.0714. The van der Waals surface area contributed by atoms with Gasteiger partial charge in [0.25, 0.3) is 0 Å². The van der Waals surface area contributed by atoms with E-state index in [4.69, 9.17) is 5.73 Å². The van der Waals surface area contributed by atoms with Gasteiger partial charge in [0.1, 0.15) is 23.4 Å². The summed E-state index contributed by atoms with van der Waals surface area (Å²) in [5, 5.41) is 12.2. The lowest BCUT2D eigenvalue weighted by molar-refractivity contribution is -0.118. The Morgan fingerprint density at radius 3 is 2.55 bits per heavy atom. The zero-order valence-electron chi connectivity index (χ0n) is 10.3. The first kappa shape index (κ1) is 13.8. The quantitative estimate of drug-likeness (QED) is 0.803. The van der Waals surface area contributed by atoms with Gasteiger partial charge in [0, 0.05) is 5.56 Å². The number of halogens is 2. The van der Waals surface area contributed by atoms with Crippen LogP contribution < -0.4 is 11.1 Å². The molecule has 0 aromatic heterocycles. The summed E-state index contributed by atoms with van der Waals surface area (Å²) >= 11 is 0. The van der Waals surface area contributed by atoms with Crippen molar-refractivity contribution < 1.29 is 18.7 Å². The number of nitrogens with two attached hydrogens (primary N) is 1. The van der Waals surface area contributed by atoms with Crippen LogP contribution in [-0.2, 0) is 4.79 Å². The summed E-state index contributed by atoms with van der Waals surface area (Å²) in [5.74, 6) is -2.40. The molecule has 2 rings (SSSR count). The minimum atomic E-state index is -1.25. The van der Waals surface area contributed by atoms with Crippen molar-refractivity contribution in [3.05, 3.63) is 59.7 Å². The summed E-state index contributed by atoms with van der Waals surface area (Å²) in [6.07, 6.45) is 0. The smallest absolute Gasteiger partial charge is 0.244 e. The Morgan fingerprint density at radius 1 is 1.20 bits per heavy atom. The molecule has 1 amide bonds. The van der Waals surface area contributed by atoms with Crippen molar-refractivity contribution in [3.63, 3.8) is 0 Å². The Hall–Kier alpha value is -2.63. The Balaban J connectivity index is 2.40. The van der Waals surface area contributed by atoms with E-state index in [0.717, 1.165) is 18.2 Å². The van der Waals surface area contributed by atoms with E-state index in [9.17, 15) is 18.7 Å². The van der Waals surface area contributed by atoms with Gasteiger partial charge in [-0.05, 0) is 30.3 Å². The molecule has 4 nitrogen and oxygen atoms in total. The van der Waals surface area contributed by atoms with Crippen molar-refractivity contribution in [2.24, 2.45) is 5.73 Å². The second kappa shape index (κ2) is 5.56. The standard InChI is InChI=1S/C14H12F2N2O2/c15-8-5-6-12(19)9(7-8)13(14(17)20)18-11-4-2-1-3-10(11)16/h1-7,13,18-19H,(H2,17,20). The van der Waals surface area contributed by atoms with E-state index >= 15 is 0 Å². The van der Waals surface area contributed by atoms with Crippen molar-refractivity contribution in [1.82, 2.24) is 0 Å². The van der Waals surface area contributed by atoms with E-state index in [1.165, 1.54) is 18.2 Å². The minimum Gasteiger partial charge on any atom is -0.508 e. The number of primary amides is 1. The van der Waals surface area contributed by atoms with Crippen LogP contribution in [0, 0.1) is 11.6 Å². The fourth-order valence-corrected chi connectivity index (χ4v) is 1.79. The van der Waals surface area contributed by atoms with E-state index in [1.54, 1.807) is 6.07 Å². The lowest BCUT2D eigenvalue weighted by atomic mass is 10.0. The number of hydrogen-bond donors (Lipinski definition) is 3. The zero-order valence-corrected chi connectivity index (χ0v) is 10.3. The summed E-state index contributed by atoms with van der Waals surface area (Å²) in [7, 11) is 0. The molecule has 0 aliphatic carbocycles. The maximum Gasteiger partial charge on any atom is 0.244 e. The number of rotatable bonds is 4. The number of aromatic hydroxyl groups is 1. The molecule has 1 unspecified atom stereocenters. The predicted octanol–water partition coefficient (Wildman–Crippen LogP) is 2.31. The van der Waals surface area contributed by atoms with Crippen LogP contribution in [-0.4, -0.2) is 11.0 Å². The molecule has 0 bridgehead atoms. The van der Waals surface area contributed by atoms with Crippen molar-refractivity contribution in [3.8, 4) is 5.75 Å². The molecular weight excluding hydrogens is 266 g/mol. The molecule has 1 atom stereocenters. The summed E-state index contributed by atoms with van der Waals surface area (Å²) in [5.41, 5.74) is 5.20. The van der Waals surface area contributed by atoms with Gasteiger partial charge in [0.2, 0.25) is 5.91 Å². The highest BCUT2D eigenvalue weighted by molar-refractivity contribution is 5.85. The van der Waals surface area contributed by atoms with Gasteiger partial charge in [-0.2, -0.15) is 0 Å².